The van der Waals surface area contributed by atoms with Gasteiger partial charge < -0.3 is 94.8 Å². The van der Waals surface area contributed by atoms with Gasteiger partial charge in [0.05, 0.1) is 161 Å². The maximum absolute atomic E-state index is 12.9. The predicted octanol–water partition coefficient (Wildman–Crippen LogP) is 5.31. The van der Waals surface area contributed by atoms with Gasteiger partial charge in [-0.2, -0.15) is 21.7 Å². The van der Waals surface area contributed by atoms with E-state index in [-0.39, 0.29) is 77.9 Å². The molecule has 9 N–H and O–H groups in total. The molecule has 0 spiro atoms. The van der Waals surface area contributed by atoms with Gasteiger partial charge in [0.1, 0.15) is 0 Å². The Balaban J connectivity index is 0.687. The number of aromatic nitrogens is 4. The highest BCUT2D eigenvalue weighted by Gasteiger charge is 2.42. The Morgan fingerprint density at radius 3 is 1.59 bits per heavy atom. The van der Waals surface area contributed by atoms with Crippen molar-refractivity contribution in [3.63, 3.8) is 0 Å². The number of ether oxygens (including phenoxy) is 9. The van der Waals surface area contributed by atoms with Gasteiger partial charge in [-0.3, -0.25) is 19.2 Å². The monoisotopic (exact) mass is 1320 g/mol. The van der Waals surface area contributed by atoms with E-state index in [1.54, 1.807) is 24.5 Å². The number of halogens is 1. The number of nitrogens with zero attached hydrogens (tertiary/aromatic N) is 4. The fraction of sp³-hybridized carbons (Fsp3) is 0.742. The van der Waals surface area contributed by atoms with Crippen molar-refractivity contribution in [3.05, 3.63) is 35.1 Å². The Morgan fingerprint density at radius 2 is 1.11 bits per heavy atom. The second-order valence-corrected chi connectivity index (χ2v) is 24.3. The second kappa shape index (κ2) is 46.8. The van der Waals surface area contributed by atoms with Crippen LogP contribution >= 0.6 is 23.4 Å². The molecular weight excluding hydrogens is 1220 g/mol. The lowest BCUT2D eigenvalue weighted by Gasteiger charge is -2.20. The molecule has 0 radical (unpaired) electrons. The van der Waals surface area contributed by atoms with E-state index in [9.17, 15) is 29.1 Å². The second-order valence-electron chi connectivity index (χ2n) is 22.6. The number of urea groups is 1. The molecule has 4 heterocycles. The first-order valence-corrected chi connectivity index (χ1v) is 33.9. The largest absolute Gasteiger partial charge is 0.394 e. The first-order valence-electron chi connectivity index (χ1n) is 32.5. The van der Waals surface area contributed by atoms with Crippen molar-refractivity contribution in [3.8, 4) is 0 Å². The van der Waals surface area contributed by atoms with Gasteiger partial charge in [-0.15, -0.1) is 0 Å². The molecule has 1 aromatic carbocycles. The molecular formula is C62H103ClN12O15S. The lowest BCUT2D eigenvalue weighted by atomic mass is 10.0. The average molecular weight is 1320 g/mol. The predicted molar refractivity (Wildman–Crippen MR) is 349 cm³/mol. The summed E-state index contributed by atoms with van der Waals surface area (Å²) in [4.78, 5) is 74.9. The lowest BCUT2D eigenvalue weighted by Crippen LogP contribution is -2.36. The van der Waals surface area contributed by atoms with Crippen molar-refractivity contribution in [2.24, 2.45) is 5.92 Å². The summed E-state index contributed by atoms with van der Waals surface area (Å²) >= 11 is 8.47. The molecule has 2 fully saturated rings. The molecule has 2 aromatic heterocycles. The number of imidazole rings is 1. The van der Waals surface area contributed by atoms with E-state index < -0.39 is 0 Å². The number of anilines is 3. The van der Waals surface area contributed by atoms with Crippen LogP contribution in [0.1, 0.15) is 121 Å². The van der Waals surface area contributed by atoms with E-state index in [2.05, 4.69) is 52.5 Å². The molecule has 0 aliphatic carbocycles. The summed E-state index contributed by atoms with van der Waals surface area (Å²) in [6, 6.07) is 5.27. The zero-order valence-corrected chi connectivity index (χ0v) is 55.5. The van der Waals surface area contributed by atoms with Gasteiger partial charge in [0.15, 0.2) is 17.0 Å². The third kappa shape index (κ3) is 32.0. The van der Waals surface area contributed by atoms with Crippen LogP contribution < -0.4 is 42.5 Å². The van der Waals surface area contributed by atoms with Gasteiger partial charge in [0.2, 0.25) is 23.7 Å². The molecule has 29 heteroatoms. The standard InChI is InChI=1S/C62H103ClN12O15S/c1-45(2)50(42-76)70-61-73-58(57-59(74-61)75(44-68-57)46(3)4)69-47-17-18-48(49(63)41-47)60(80)67-22-24-83-26-28-85-30-32-87-34-36-89-38-40-90-39-37-88-35-33-86-31-29-84-27-25-82-23-21-66-55(79)15-8-6-12-19-64-53(77)14-7-5-11-20-65-54(78)16-10-9-13-52-56-51(43-91-52)71-62(81)72-56/h17-18,41,44-46,50-52,56,76H,5-16,19-40,42-43H2,1-4H3,(H,64,77)(H,65,78)(H,66,79)(H,67,80)(H2,71,72,81)(H2,69,70,73,74)/t50-,51+,52+,56+/m1/s1. The SMILES string of the molecule is CC(C)[C@@H](CO)Nc1nc(Nc2ccc(C(=O)NCCOCCOCCOCCOCCOCCOCCOCCOCCOCCNC(=O)CCCCCNC(=O)CCCCCNC(=O)CCCC[C@@H]3SC[C@@H]4NC(=O)N[C@@H]43)c(Cl)c2)c2ncn(C(C)C)c2n1. The van der Waals surface area contributed by atoms with Crippen LogP contribution in [0.5, 0.6) is 0 Å². The molecule has 27 nitrogen and oxygen atoms in total. The number of hydrogen-bond donors (Lipinski definition) is 9. The summed E-state index contributed by atoms with van der Waals surface area (Å²) in [6.45, 7) is 17.5. The number of benzene rings is 1. The van der Waals surface area contributed by atoms with Crippen LogP contribution in [0.15, 0.2) is 24.5 Å². The van der Waals surface area contributed by atoms with Crippen LogP contribution in [-0.2, 0) is 57.0 Å². The average Bonchev–Trinajstić information content (AvgIpc) is 1.79. The molecule has 2 aliphatic heterocycles. The lowest BCUT2D eigenvalue weighted by molar-refractivity contribution is -0.122. The molecule has 5 rings (SSSR count). The van der Waals surface area contributed by atoms with Crippen molar-refractivity contribution in [2.75, 3.05) is 168 Å². The quantitative estimate of drug-likeness (QED) is 0.0255. The van der Waals surface area contributed by atoms with Crippen molar-refractivity contribution < 1.29 is 71.7 Å². The Morgan fingerprint density at radius 1 is 0.626 bits per heavy atom. The summed E-state index contributed by atoms with van der Waals surface area (Å²) in [7, 11) is 0. The molecule has 4 atom stereocenters. The maximum Gasteiger partial charge on any atom is 0.315 e. The Kier molecular flexibility index (Phi) is 39.3. The van der Waals surface area contributed by atoms with Crippen LogP contribution in [0.3, 0.4) is 0 Å². The van der Waals surface area contributed by atoms with Crippen molar-refractivity contribution in [1.29, 1.82) is 0 Å². The van der Waals surface area contributed by atoms with E-state index in [1.165, 1.54) is 0 Å². The number of fused-ring (bicyclic) bond motifs is 2. The minimum absolute atomic E-state index is 0.0145. The summed E-state index contributed by atoms with van der Waals surface area (Å²) in [5.74, 6) is 1.66. The van der Waals surface area contributed by atoms with Gasteiger partial charge in [-0.25, -0.2) is 9.78 Å². The first kappa shape index (κ1) is 76.5. The highest BCUT2D eigenvalue weighted by atomic mass is 35.5. The Hall–Kier alpha value is -5.24. The van der Waals surface area contributed by atoms with E-state index in [0.29, 0.717) is 197 Å². The van der Waals surface area contributed by atoms with E-state index in [1.807, 2.05) is 44.0 Å². The third-order valence-corrected chi connectivity index (χ3v) is 16.6. The molecule has 0 unspecified atom stereocenters. The van der Waals surface area contributed by atoms with Crippen molar-refractivity contribution in [2.45, 2.75) is 134 Å². The number of hydrogen-bond acceptors (Lipinski definition) is 21. The normalized spacial score (nSPS) is 15.6. The van der Waals surface area contributed by atoms with Gasteiger partial charge in [-0.1, -0.05) is 44.7 Å². The maximum atomic E-state index is 12.9. The zero-order chi connectivity index (χ0) is 65.1. The number of thioether (sulfide) groups is 1. The van der Waals surface area contributed by atoms with Crippen LogP contribution in [-0.4, -0.2) is 235 Å². The van der Waals surface area contributed by atoms with Crippen molar-refractivity contribution >= 4 is 81.6 Å². The zero-order valence-electron chi connectivity index (χ0n) is 54.0. The summed E-state index contributed by atoms with van der Waals surface area (Å²) in [5, 5.41) is 34.7. The molecule has 91 heavy (non-hydrogen) atoms. The minimum Gasteiger partial charge on any atom is -0.394 e. The highest BCUT2D eigenvalue weighted by molar-refractivity contribution is 8.00. The van der Waals surface area contributed by atoms with E-state index >= 15 is 0 Å². The summed E-state index contributed by atoms with van der Waals surface area (Å²) in [6.07, 6.45) is 10.9. The van der Waals surface area contributed by atoms with Gasteiger partial charge in [0.25, 0.3) is 5.91 Å². The van der Waals surface area contributed by atoms with Gasteiger partial charge in [0, 0.05) is 68.2 Å². The van der Waals surface area contributed by atoms with Crippen LogP contribution in [0.25, 0.3) is 11.2 Å². The molecule has 3 aromatic rings. The van der Waals surface area contributed by atoms with Crippen LogP contribution in [0.2, 0.25) is 5.02 Å². The van der Waals surface area contributed by atoms with E-state index in [0.717, 1.165) is 63.5 Å². The molecule has 0 saturated carbocycles. The molecule has 514 valence electrons. The first-order chi connectivity index (χ1) is 44.3. The van der Waals surface area contributed by atoms with E-state index in [4.69, 9.17) is 59.2 Å². The van der Waals surface area contributed by atoms with Crippen molar-refractivity contribution in [1.82, 2.24) is 51.4 Å². The number of unbranched alkanes of at least 4 members (excludes halogenated alkanes) is 5. The molecule has 6 amide bonds. The van der Waals surface area contributed by atoms with Gasteiger partial charge >= 0.3 is 6.03 Å². The number of aliphatic hydroxyl groups excluding tert-OH is 1. The molecule has 2 aliphatic rings. The summed E-state index contributed by atoms with van der Waals surface area (Å²) < 4.78 is 51.9. The third-order valence-electron chi connectivity index (χ3n) is 14.7. The number of carbonyl (C=O) groups is 5. The number of amides is 6. The number of carbonyl (C=O) groups excluding carboxylic acids is 5. The molecule has 0 bridgehead atoms. The fourth-order valence-electron chi connectivity index (χ4n) is 9.57. The highest BCUT2D eigenvalue weighted by Crippen LogP contribution is 2.33. The Bertz CT molecular complexity index is 2540. The minimum atomic E-state index is -0.331. The van der Waals surface area contributed by atoms with Gasteiger partial charge in [-0.05, 0) is 76.5 Å². The smallest absolute Gasteiger partial charge is 0.315 e. The fourth-order valence-corrected chi connectivity index (χ4v) is 11.4. The number of rotatable bonds is 55. The number of aliphatic hydroxyl groups is 1. The topological polar surface area (TPSA) is 328 Å². The van der Waals surface area contributed by atoms with Crippen LogP contribution in [0.4, 0.5) is 22.2 Å². The Labute approximate surface area is 545 Å². The summed E-state index contributed by atoms with van der Waals surface area (Å²) in [5.41, 5.74) is 2.13. The van der Waals surface area contributed by atoms with Crippen LogP contribution in [0, 0.1) is 5.92 Å². The molecule has 2 saturated heterocycles. The number of nitrogens with one attached hydrogen (secondary N) is 8.